The maximum absolute atomic E-state index is 13.0. The van der Waals surface area contributed by atoms with Crippen LogP contribution in [0.5, 0.6) is 0 Å². The van der Waals surface area contributed by atoms with Gasteiger partial charge in [0.05, 0.1) is 16.6 Å². The van der Waals surface area contributed by atoms with E-state index in [0.29, 0.717) is 16.8 Å². The summed E-state index contributed by atoms with van der Waals surface area (Å²) in [6.07, 6.45) is 3.40. The van der Waals surface area contributed by atoms with E-state index in [1.807, 2.05) is 13.8 Å². The van der Waals surface area contributed by atoms with Crippen molar-refractivity contribution in [2.24, 2.45) is 0 Å². The summed E-state index contributed by atoms with van der Waals surface area (Å²) in [5.74, 6) is -0.230. The minimum Gasteiger partial charge on any atom is -0.346 e. The standard InChI is InChI=1S/C26H28N2O3S/c1-17-10-14-23(15-11-17)32(30,31)28-25-9-5-8-24(18(25)2)26(29)27-19(3)21-13-12-20-6-4-7-22(20)16-21/h5,8-16,19,28H,4,6-7H2,1-3H3,(H,27,29). The molecule has 3 aromatic rings. The quantitative estimate of drug-likeness (QED) is 0.552. The average molecular weight is 449 g/mol. The van der Waals surface area contributed by atoms with Gasteiger partial charge in [0.25, 0.3) is 15.9 Å². The number of amides is 1. The molecule has 1 aliphatic carbocycles. The number of benzene rings is 3. The first-order valence-electron chi connectivity index (χ1n) is 10.9. The van der Waals surface area contributed by atoms with E-state index >= 15 is 0 Å². The topological polar surface area (TPSA) is 75.3 Å². The van der Waals surface area contributed by atoms with Crippen molar-refractivity contribution < 1.29 is 13.2 Å². The van der Waals surface area contributed by atoms with Crippen molar-refractivity contribution in [1.29, 1.82) is 0 Å². The van der Waals surface area contributed by atoms with Gasteiger partial charge in [-0.15, -0.1) is 0 Å². The Bertz CT molecular complexity index is 1260. The van der Waals surface area contributed by atoms with E-state index in [2.05, 4.69) is 28.2 Å². The molecule has 0 heterocycles. The molecule has 3 aromatic carbocycles. The van der Waals surface area contributed by atoms with Gasteiger partial charge in [-0.2, -0.15) is 0 Å². The zero-order valence-corrected chi connectivity index (χ0v) is 19.4. The minimum atomic E-state index is -3.75. The van der Waals surface area contributed by atoms with Gasteiger partial charge in [0.15, 0.2) is 0 Å². The molecule has 0 bridgehead atoms. The van der Waals surface area contributed by atoms with Gasteiger partial charge in [-0.3, -0.25) is 9.52 Å². The normalized spacial score (nSPS) is 14.0. The third-order valence-corrected chi connectivity index (χ3v) is 7.51. The third-order valence-electron chi connectivity index (χ3n) is 6.12. The lowest BCUT2D eigenvalue weighted by molar-refractivity contribution is 0.0939. The summed E-state index contributed by atoms with van der Waals surface area (Å²) in [5.41, 5.74) is 6.25. The number of aryl methyl sites for hydroxylation is 3. The van der Waals surface area contributed by atoms with Gasteiger partial charge in [0, 0.05) is 5.56 Å². The van der Waals surface area contributed by atoms with E-state index in [0.717, 1.165) is 24.0 Å². The second kappa shape index (κ2) is 8.79. The first kappa shape index (κ1) is 22.1. The van der Waals surface area contributed by atoms with Crippen molar-refractivity contribution in [2.75, 3.05) is 4.72 Å². The van der Waals surface area contributed by atoms with Gasteiger partial charge >= 0.3 is 0 Å². The van der Waals surface area contributed by atoms with Crippen molar-refractivity contribution in [3.63, 3.8) is 0 Å². The van der Waals surface area contributed by atoms with E-state index in [9.17, 15) is 13.2 Å². The first-order valence-corrected chi connectivity index (χ1v) is 12.3. The maximum atomic E-state index is 13.0. The minimum absolute atomic E-state index is 0.152. The van der Waals surface area contributed by atoms with Crippen molar-refractivity contribution in [3.05, 3.63) is 94.0 Å². The van der Waals surface area contributed by atoms with Crippen LogP contribution < -0.4 is 10.0 Å². The van der Waals surface area contributed by atoms with Gasteiger partial charge in [-0.1, -0.05) is 42.0 Å². The second-order valence-electron chi connectivity index (χ2n) is 8.47. The Hall–Kier alpha value is -3.12. The largest absolute Gasteiger partial charge is 0.346 e. The molecule has 1 aliphatic rings. The predicted molar refractivity (Wildman–Crippen MR) is 128 cm³/mol. The summed E-state index contributed by atoms with van der Waals surface area (Å²) in [4.78, 5) is 13.2. The van der Waals surface area contributed by atoms with E-state index in [4.69, 9.17) is 0 Å². The molecule has 166 valence electrons. The molecule has 1 unspecified atom stereocenters. The molecule has 0 saturated carbocycles. The Morgan fingerprint density at radius 1 is 0.938 bits per heavy atom. The molecule has 1 amide bonds. The van der Waals surface area contributed by atoms with E-state index < -0.39 is 10.0 Å². The number of fused-ring (bicyclic) bond motifs is 1. The molecular formula is C26H28N2O3S. The van der Waals surface area contributed by atoms with Crippen LogP contribution >= 0.6 is 0 Å². The number of anilines is 1. The van der Waals surface area contributed by atoms with Gasteiger partial charge in [-0.25, -0.2) is 8.42 Å². The van der Waals surface area contributed by atoms with E-state index in [-0.39, 0.29) is 16.8 Å². The molecule has 4 rings (SSSR count). The monoisotopic (exact) mass is 448 g/mol. The maximum Gasteiger partial charge on any atom is 0.261 e. The number of carbonyl (C=O) groups is 1. The number of rotatable bonds is 6. The Morgan fingerprint density at radius 2 is 1.66 bits per heavy atom. The summed E-state index contributed by atoms with van der Waals surface area (Å²) >= 11 is 0. The van der Waals surface area contributed by atoms with Crippen LogP contribution in [-0.4, -0.2) is 14.3 Å². The molecular weight excluding hydrogens is 420 g/mol. The van der Waals surface area contributed by atoms with Crippen LogP contribution in [0, 0.1) is 13.8 Å². The Balaban J connectivity index is 1.52. The number of carbonyl (C=O) groups excluding carboxylic acids is 1. The van der Waals surface area contributed by atoms with Gasteiger partial charge in [-0.05, 0) is 86.6 Å². The van der Waals surface area contributed by atoms with Crippen molar-refractivity contribution in [3.8, 4) is 0 Å². The molecule has 0 spiro atoms. The van der Waals surface area contributed by atoms with E-state index in [1.54, 1.807) is 49.4 Å². The number of nitrogens with one attached hydrogen (secondary N) is 2. The fourth-order valence-corrected chi connectivity index (χ4v) is 5.26. The first-order chi connectivity index (χ1) is 15.2. The van der Waals surface area contributed by atoms with Gasteiger partial charge in [0.1, 0.15) is 0 Å². The number of hydrogen-bond acceptors (Lipinski definition) is 3. The highest BCUT2D eigenvalue weighted by Gasteiger charge is 2.20. The molecule has 2 N–H and O–H groups in total. The van der Waals surface area contributed by atoms with Gasteiger partial charge < -0.3 is 5.32 Å². The van der Waals surface area contributed by atoms with Crippen molar-refractivity contribution in [2.45, 2.75) is 51.0 Å². The van der Waals surface area contributed by atoms with Crippen molar-refractivity contribution in [1.82, 2.24) is 5.32 Å². The summed E-state index contributed by atoms with van der Waals surface area (Å²) in [6, 6.07) is 18.0. The molecule has 0 aliphatic heterocycles. The molecule has 1 atom stereocenters. The van der Waals surface area contributed by atoms with Crippen LogP contribution in [0.25, 0.3) is 0 Å². The third kappa shape index (κ3) is 4.55. The second-order valence-corrected chi connectivity index (χ2v) is 10.2. The zero-order valence-electron chi connectivity index (χ0n) is 18.6. The highest BCUT2D eigenvalue weighted by Crippen LogP contribution is 2.27. The molecule has 0 aromatic heterocycles. The van der Waals surface area contributed by atoms with E-state index in [1.165, 1.54) is 17.5 Å². The lowest BCUT2D eigenvalue weighted by atomic mass is 10.0. The van der Waals surface area contributed by atoms with Crippen LogP contribution in [0.3, 0.4) is 0 Å². The molecule has 0 radical (unpaired) electrons. The zero-order chi connectivity index (χ0) is 22.9. The van der Waals surface area contributed by atoms with Crippen LogP contribution in [0.4, 0.5) is 5.69 Å². The highest BCUT2D eigenvalue weighted by atomic mass is 32.2. The Morgan fingerprint density at radius 3 is 2.41 bits per heavy atom. The van der Waals surface area contributed by atoms with Crippen LogP contribution in [0.15, 0.2) is 65.6 Å². The summed E-state index contributed by atoms with van der Waals surface area (Å²) in [6.45, 7) is 5.62. The van der Waals surface area contributed by atoms with Crippen LogP contribution in [-0.2, 0) is 22.9 Å². The lowest BCUT2D eigenvalue weighted by Gasteiger charge is -2.18. The fourth-order valence-electron chi connectivity index (χ4n) is 4.13. The molecule has 0 saturated heterocycles. The number of hydrogen-bond donors (Lipinski definition) is 2. The van der Waals surface area contributed by atoms with Crippen molar-refractivity contribution >= 4 is 21.6 Å². The summed E-state index contributed by atoms with van der Waals surface area (Å²) in [7, 11) is -3.75. The molecule has 0 fully saturated rings. The molecule has 5 nitrogen and oxygen atoms in total. The fraction of sp³-hybridized carbons (Fsp3) is 0.269. The Labute approximate surface area is 189 Å². The van der Waals surface area contributed by atoms with Gasteiger partial charge in [0.2, 0.25) is 0 Å². The smallest absolute Gasteiger partial charge is 0.261 e. The average Bonchev–Trinajstić information content (AvgIpc) is 3.23. The molecule has 6 heteroatoms. The van der Waals surface area contributed by atoms with Crippen LogP contribution in [0.1, 0.15) is 57.6 Å². The molecule has 32 heavy (non-hydrogen) atoms. The highest BCUT2D eigenvalue weighted by molar-refractivity contribution is 7.92. The predicted octanol–water partition coefficient (Wildman–Crippen LogP) is 5.08. The van der Waals surface area contributed by atoms with Crippen LogP contribution in [0.2, 0.25) is 0 Å². The lowest BCUT2D eigenvalue weighted by Crippen LogP contribution is -2.27. The summed E-state index contributed by atoms with van der Waals surface area (Å²) in [5, 5.41) is 3.06. The Kier molecular flexibility index (Phi) is 6.07. The SMILES string of the molecule is Cc1ccc(S(=O)(=O)Nc2cccc(C(=O)NC(C)c3ccc4c(c3)CCC4)c2C)cc1. The summed E-state index contributed by atoms with van der Waals surface area (Å²) < 4.78 is 28.2. The number of sulfonamides is 1.